The van der Waals surface area contributed by atoms with E-state index in [2.05, 4.69) is 14.9 Å². The molecule has 0 spiro atoms. The first-order valence-corrected chi connectivity index (χ1v) is 4.41. The van der Waals surface area contributed by atoms with Gasteiger partial charge in [-0.25, -0.2) is 4.63 Å². The highest BCUT2D eigenvalue weighted by Crippen LogP contribution is 2.24. The van der Waals surface area contributed by atoms with Crippen molar-refractivity contribution >= 4 is 0 Å². The Hall–Kier alpha value is -1.06. The van der Waals surface area contributed by atoms with E-state index >= 15 is 0 Å². The maximum Gasteiger partial charge on any atom is 0.279 e. The molecule has 0 fully saturated rings. The van der Waals surface area contributed by atoms with Crippen LogP contribution in [0, 0.1) is 0 Å². The third-order valence-electron chi connectivity index (χ3n) is 1.43. The molecular weight excluding hydrogens is 168 g/mol. The second-order valence-corrected chi connectivity index (χ2v) is 4.32. The maximum atomic E-state index is 5.57. The minimum Gasteiger partial charge on any atom is -0.468 e. The molecule has 0 N–H and O–H groups in total. The minimum absolute atomic E-state index is 0.262. The van der Waals surface area contributed by atoms with Gasteiger partial charge in [0.1, 0.15) is 5.60 Å². The molecule has 13 heavy (non-hydrogen) atoms. The Kier molecular flexibility index (Phi) is 2.59. The zero-order valence-electron chi connectivity index (χ0n) is 8.79. The molecule has 0 aliphatic carbocycles. The average molecular weight is 184 g/mol. The number of rotatable bonds is 2. The van der Waals surface area contributed by atoms with Gasteiger partial charge in [0.15, 0.2) is 5.69 Å². The summed E-state index contributed by atoms with van der Waals surface area (Å²) in [5.74, 6) is 0.770. The molecule has 0 aliphatic heterocycles. The fourth-order valence-electron chi connectivity index (χ4n) is 0.901. The molecule has 0 amide bonds. The standard InChI is InChI=1S/C9H16N2O2/c1-6(2)7-8(11-13-10-7)12-9(3,4)5/h6H,1-5H3. The van der Waals surface area contributed by atoms with Crippen LogP contribution in [0.4, 0.5) is 0 Å². The van der Waals surface area contributed by atoms with Crippen LogP contribution in [0.15, 0.2) is 4.63 Å². The molecule has 0 saturated carbocycles. The summed E-state index contributed by atoms with van der Waals surface area (Å²) < 4.78 is 10.2. The van der Waals surface area contributed by atoms with Crippen LogP contribution in [0.2, 0.25) is 0 Å². The lowest BCUT2D eigenvalue weighted by Gasteiger charge is -2.19. The van der Waals surface area contributed by atoms with Crippen molar-refractivity contribution in [1.82, 2.24) is 10.3 Å². The number of aromatic nitrogens is 2. The Bertz CT molecular complexity index is 273. The largest absolute Gasteiger partial charge is 0.468 e. The second kappa shape index (κ2) is 3.36. The van der Waals surface area contributed by atoms with Crippen molar-refractivity contribution in [1.29, 1.82) is 0 Å². The van der Waals surface area contributed by atoms with E-state index in [1.165, 1.54) is 0 Å². The molecule has 1 heterocycles. The van der Waals surface area contributed by atoms with E-state index in [0.29, 0.717) is 5.88 Å². The predicted molar refractivity (Wildman–Crippen MR) is 48.8 cm³/mol. The topological polar surface area (TPSA) is 48.2 Å². The minimum atomic E-state index is -0.262. The van der Waals surface area contributed by atoms with E-state index in [-0.39, 0.29) is 11.5 Å². The van der Waals surface area contributed by atoms with Crippen LogP contribution in [0.5, 0.6) is 5.88 Å². The first-order valence-electron chi connectivity index (χ1n) is 4.41. The van der Waals surface area contributed by atoms with E-state index in [9.17, 15) is 0 Å². The fourth-order valence-corrected chi connectivity index (χ4v) is 0.901. The third kappa shape index (κ3) is 2.72. The van der Waals surface area contributed by atoms with Crippen molar-refractivity contribution in [3.05, 3.63) is 5.69 Å². The van der Waals surface area contributed by atoms with Crippen molar-refractivity contribution in [2.75, 3.05) is 0 Å². The molecule has 1 aromatic rings. The van der Waals surface area contributed by atoms with Crippen LogP contribution >= 0.6 is 0 Å². The summed E-state index contributed by atoms with van der Waals surface area (Å²) in [5.41, 5.74) is 0.511. The molecule has 0 aromatic carbocycles. The van der Waals surface area contributed by atoms with Crippen LogP contribution in [0.3, 0.4) is 0 Å². The van der Waals surface area contributed by atoms with E-state index in [4.69, 9.17) is 4.74 Å². The zero-order chi connectivity index (χ0) is 10.1. The molecule has 1 rings (SSSR count). The Labute approximate surface area is 78.2 Å². The molecule has 0 aliphatic rings. The molecule has 0 saturated heterocycles. The first kappa shape index (κ1) is 10.0. The average Bonchev–Trinajstić information content (AvgIpc) is 2.31. The van der Waals surface area contributed by atoms with Crippen LogP contribution in [-0.2, 0) is 0 Å². The molecule has 0 unspecified atom stereocenters. The zero-order valence-corrected chi connectivity index (χ0v) is 8.79. The normalized spacial score (nSPS) is 12.2. The van der Waals surface area contributed by atoms with Gasteiger partial charge < -0.3 is 4.74 Å². The number of ether oxygens (including phenoxy) is 1. The number of nitrogens with zero attached hydrogens (tertiary/aromatic N) is 2. The summed E-state index contributed by atoms with van der Waals surface area (Å²) in [6, 6.07) is 0. The summed E-state index contributed by atoms with van der Waals surface area (Å²) in [7, 11) is 0. The Morgan fingerprint density at radius 3 is 2.31 bits per heavy atom. The van der Waals surface area contributed by atoms with Gasteiger partial charge in [-0.1, -0.05) is 19.0 Å². The lowest BCUT2D eigenvalue weighted by Crippen LogP contribution is -2.23. The van der Waals surface area contributed by atoms with Gasteiger partial charge in [0, 0.05) is 5.92 Å². The summed E-state index contributed by atoms with van der Waals surface area (Å²) in [6.45, 7) is 9.94. The van der Waals surface area contributed by atoms with E-state index < -0.39 is 0 Å². The second-order valence-electron chi connectivity index (χ2n) is 4.32. The smallest absolute Gasteiger partial charge is 0.279 e. The van der Waals surface area contributed by atoms with Gasteiger partial charge in [-0.05, 0) is 25.9 Å². The molecular formula is C9H16N2O2. The summed E-state index contributed by atoms with van der Waals surface area (Å²) in [6.07, 6.45) is 0. The van der Waals surface area contributed by atoms with Crippen molar-refractivity contribution in [2.24, 2.45) is 0 Å². The lowest BCUT2D eigenvalue weighted by atomic mass is 10.1. The van der Waals surface area contributed by atoms with Gasteiger partial charge in [0.2, 0.25) is 0 Å². The summed E-state index contributed by atoms with van der Waals surface area (Å²) >= 11 is 0. The summed E-state index contributed by atoms with van der Waals surface area (Å²) in [4.78, 5) is 0. The third-order valence-corrected chi connectivity index (χ3v) is 1.43. The van der Waals surface area contributed by atoms with Gasteiger partial charge in [-0.2, -0.15) is 0 Å². The SMILES string of the molecule is CC(C)c1nonc1OC(C)(C)C. The van der Waals surface area contributed by atoms with Crippen LogP contribution in [0.25, 0.3) is 0 Å². The van der Waals surface area contributed by atoms with Crippen LogP contribution < -0.4 is 4.74 Å². The van der Waals surface area contributed by atoms with Crippen LogP contribution in [-0.4, -0.2) is 15.9 Å². The maximum absolute atomic E-state index is 5.57. The molecule has 1 aromatic heterocycles. The van der Waals surface area contributed by atoms with Gasteiger partial charge in [0.05, 0.1) is 0 Å². The van der Waals surface area contributed by atoms with Crippen LogP contribution in [0.1, 0.15) is 46.2 Å². The van der Waals surface area contributed by atoms with Crippen molar-refractivity contribution < 1.29 is 9.37 Å². The highest BCUT2D eigenvalue weighted by Gasteiger charge is 2.20. The molecule has 74 valence electrons. The van der Waals surface area contributed by atoms with Gasteiger partial charge in [-0.3, -0.25) is 0 Å². The quantitative estimate of drug-likeness (QED) is 0.708. The highest BCUT2D eigenvalue weighted by molar-refractivity contribution is 5.18. The van der Waals surface area contributed by atoms with Crippen molar-refractivity contribution in [3.8, 4) is 5.88 Å². The predicted octanol–water partition coefficient (Wildman–Crippen LogP) is 2.37. The van der Waals surface area contributed by atoms with E-state index in [1.807, 2.05) is 34.6 Å². The highest BCUT2D eigenvalue weighted by atomic mass is 16.6. The Morgan fingerprint density at radius 1 is 1.23 bits per heavy atom. The molecule has 0 atom stereocenters. The number of hydrogen-bond acceptors (Lipinski definition) is 4. The first-order chi connectivity index (χ1) is 5.90. The van der Waals surface area contributed by atoms with Crippen molar-refractivity contribution in [2.45, 2.75) is 46.1 Å². The van der Waals surface area contributed by atoms with Gasteiger partial charge >= 0.3 is 0 Å². The fraction of sp³-hybridized carbons (Fsp3) is 0.778. The number of hydrogen-bond donors (Lipinski definition) is 0. The van der Waals surface area contributed by atoms with Crippen molar-refractivity contribution in [3.63, 3.8) is 0 Å². The summed E-state index contributed by atoms with van der Waals surface area (Å²) in [5, 5.41) is 7.50. The molecule has 0 bridgehead atoms. The Morgan fingerprint density at radius 2 is 1.85 bits per heavy atom. The lowest BCUT2D eigenvalue weighted by molar-refractivity contribution is 0.115. The van der Waals surface area contributed by atoms with Gasteiger partial charge in [0.25, 0.3) is 5.88 Å². The van der Waals surface area contributed by atoms with E-state index in [0.717, 1.165) is 5.69 Å². The Balaban J connectivity index is 2.83. The van der Waals surface area contributed by atoms with Gasteiger partial charge in [-0.15, -0.1) is 0 Å². The van der Waals surface area contributed by atoms with E-state index in [1.54, 1.807) is 0 Å². The molecule has 4 heteroatoms. The monoisotopic (exact) mass is 184 g/mol. The molecule has 4 nitrogen and oxygen atoms in total. The molecule has 0 radical (unpaired) electrons.